The Morgan fingerprint density at radius 2 is 2.09 bits per heavy atom. The van der Waals surface area contributed by atoms with Crippen LogP contribution in [0.2, 0.25) is 0 Å². The van der Waals surface area contributed by atoms with Gasteiger partial charge in [-0.2, -0.15) is 0 Å². The van der Waals surface area contributed by atoms with Crippen molar-refractivity contribution in [2.75, 3.05) is 37.7 Å². The average Bonchev–Trinajstić information content (AvgIpc) is 3.15. The van der Waals surface area contributed by atoms with Gasteiger partial charge in [0.25, 0.3) is 5.91 Å². The summed E-state index contributed by atoms with van der Waals surface area (Å²) in [5.74, 6) is 0.709. The molecule has 23 heavy (non-hydrogen) atoms. The molecule has 1 saturated heterocycles. The van der Waals surface area contributed by atoms with E-state index in [0.29, 0.717) is 31.9 Å². The number of rotatable bonds is 2. The number of ether oxygens (including phenoxy) is 1. The van der Waals surface area contributed by atoms with Crippen LogP contribution < -0.4 is 4.90 Å². The number of hydrogen-bond donors (Lipinski definition) is 0. The normalized spacial score (nSPS) is 17.9. The first-order chi connectivity index (χ1) is 11.3. The third-order valence-electron chi connectivity index (χ3n) is 4.28. The molecule has 0 saturated carbocycles. The number of nitrogens with zero attached hydrogens (tertiary/aromatic N) is 4. The highest BCUT2D eigenvalue weighted by Crippen LogP contribution is 2.21. The fourth-order valence-corrected chi connectivity index (χ4v) is 2.95. The van der Waals surface area contributed by atoms with E-state index in [1.807, 2.05) is 11.1 Å². The molecule has 4 rings (SSSR count). The van der Waals surface area contributed by atoms with Crippen LogP contribution in [0.3, 0.4) is 0 Å². The van der Waals surface area contributed by atoms with Crippen LogP contribution in [0.5, 0.6) is 0 Å². The van der Waals surface area contributed by atoms with E-state index in [0.717, 1.165) is 36.7 Å². The van der Waals surface area contributed by atoms with Crippen LogP contribution in [-0.2, 0) is 17.7 Å². The van der Waals surface area contributed by atoms with Crippen molar-refractivity contribution in [3.8, 4) is 0 Å². The Balaban J connectivity index is 1.54. The predicted molar refractivity (Wildman–Crippen MR) is 82.2 cm³/mol. The van der Waals surface area contributed by atoms with Gasteiger partial charge in [-0.1, -0.05) is 0 Å². The minimum absolute atomic E-state index is 0.0177. The van der Waals surface area contributed by atoms with E-state index in [-0.39, 0.29) is 5.91 Å². The lowest BCUT2D eigenvalue weighted by Crippen LogP contribution is -2.39. The quantitative estimate of drug-likeness (QED) is 0.827. The molecule has 0 spiro atoms. The van der Waals surface area contributed by atoms with Crippen LogP contribution in [-0.4, -0.2) is 53.6 Å². The summed E-state index contributed by atoms with van der Waals surface area (Å²) in [4.78, 5) is 25.6. The Hall–Kier alpha value is -2.41. The molecular weight excluding hydrogens is 296 g/mol. The number of anilines is 1. The maximum Gasteiger partial charge on any atom is 0.257 e. The maximum atomic E-state index is 12.5. The molecule has 0 aromatic carbocycles. The van der Waals surface area contributed by atoms with Gasteiger partial charge in [-0.25, -0.2) is 9.97 Å². The third-order valence-corrected chi connectivity index (χ3v) is 4.28. The van der Waals surface area contributed by atoms with Gasteiger partial charge in [-0.15, -0.1) is 0 Å². The number of morpholine rings is 1. The predicted octanol–water partition coefficient (Wildman–Crippen LogP) is 1.10. The largest absolute Gasteiger partial charge is 0.472 e. The van der Waals surface area contributed by atoms with Crippen molar-refractivity contribution in [3.63, 3.8) is 0 Å². The average molecular weight is 314 g/mol. The standard InChI is InChI=1S/C16H18N4O3/c21-15(13-2-6-23-11-13)20-3-1-12-9-17-16(18-14(12)10-20)19-4-7-22-8-5-19/h2,6,9,11H,1,3-5,7-8,10H2. The zero-order chi connectivity index (χ0) is 15.6. The molecule has 0 aliphatic carbocycles. The second kappa shape index (κ2) is 6.00. The second-order valence-electron chi connectivity index (χ2n) is 5.73. The molecule has 2 aliphatic heterocycles. The van der Waals surface area contributed by atoms with Gasteiger partial charge >= 0.3 is 0 Å². The van der Waals surface area contributed by atoms with Gasteiger partial charge in [-0.05, 0) is 18.1 Å². The van der Waals surface area contributed by atoms with Crippen molar-refractivity contribution in [3.05, 3.63) is 41.6 Å². The lowest BCUT2D eigenvalue weighted by atomic mass is 10.1. The Morgan fingerprint density at radius 3 is 2.87 bits per heavy atom. The summed E-state index contributed by atoms with van der Waals surface area (Å²) in [6, 6.07) is 1.69. The van der Waals surface area contributed by atoms with E-state index in [1.54, 1.807) is 6.07 Å². The number of fused-ring (bicyclic) bond motifs is 1. The first-order valence-corrected chi connectivity index (χ1v) is 7.80. The molecule has 7 heteroatoms. The van der Waals surface area contributed by atoms with E-state index < -0.39 is 0 Å². The van der Waals surface area contributed by atoms with Gasteiger partial charge in [0.05, 0.1) is 37.3 Å². The van der Waals surface area contributed by atoms with E-state index in [9.17, 15) is 4.79 Å². The number of carbonyl (C=O) groups excluding carboxylic acids is 1. The highest BCUT2D eigenvalue weighted by Gasteiger charge is 2.25. The Morgan fingerprint density at radius 1 is 1.22 bits per heavy atom. The van der Waals surface area contributed by atoms with Crippen LogP contribution in [0.4, 0.5) is 5.95 Å². The van der Waals surface area contributed by atoms with Crippen molar-refractivity contribution in [1.82, 2.24) is 14.9 Å². The van der Waals surface area contributed by atoms with Crippen LogP contribution in [0.15, 0.2) is 29.2 Å². The van der Waals surface area contributed by atoms with Crippen molar-refractivity contribution >= 4 is 11.9 Å². The summed E-state index contributed by atoms with van der Waals surface area (Å²) >= 11 is 0. The first-order valence-electron chi connectivity index (χ1n) is 7.80. The molecule has 120 valence electrons. The minimum atomic E-state index is -0.0177. The fourth-order valence-electron chi connectivity index (χ4n) is 2.95. The van der Waals surface area contributed by atoms with Crippen molar-refractivity contribution in [2.24, 2.45) is 0 Å². The van der Waals surface area contributed by atoms with Crippen molar-refractivity contribution < 1.29 is 13.9 Å². The number of furan rings is 1. The van der Waals surface area contributed by atoms with Gasteiger partial charge in [-0.3, -0.25) is 4.79 Å². The molecule has 0 unspecified atom stereocenters. The van der Waals surface area contributed by atoms with Crippen molar-refractivity contribution in [1.29, 1.82) is 0 Å². The first kappa shape index (κ1) is 14.2. The van der Waals surface area contributed by atoms with E-state index in [2.05, 4.69) is 9.88 Å². The molecule has 0 bridgehead atoms. The lowest BCUT2D eigenvalue weighted by molar-refractivity contribution is 0.0731. The van der Waals surface area contributed by atoms with E-state index >= 15 is 0 Å². The maximum absolute atomic E-state index is 12.5. The van der Waals surface area contributed by atoms with E-state index in [4.69, 9.17) is 14.1 Å². The van der Waals surface area contributed by atoms with Gasteiger partial charge in [0, 0.05) is 25.8 Å². The molecule has 2 aromatic heterocycles. The summed E-state index contributed by atoms with van der Waals surface area (Å²) in [5.41, 5.74) is 2.64. The molecule has 2 aromatic rings. The summed E-state index contributed by atoms with van der Waals surface area (Å²) < 4.78 is 10.4. The van der Waals surface area contributed by atoms with Gasteiger partial charge in [0.15, 0.2) is 0 Å². The Kier molecular flexibility index (Phi) is 3.70. The number of carbonyl (C=O) groups is 1. The second-order valence-corrected chi connectivity index (χ2v) is 5.73. The number of aromatic nitrogens is 2. The summed E-state index contributed by atoms with van der Waals surface area (Å²) in [6.07, 6.45) is 5.68. The number of hydrogen-bond acceptors (Lipinski definition) is 6. The fraction of sp³-hybridized carbons (Fsp3) is 0.438. The molecule has 0 atom stereocenters. The van der Waals surface area contributed by atoms with Crippen molar-refractivity contribution in [2.45, 2.75) is 13.0 Å². The van der Waals surface area contributed by atoms with E-state index in [1.165, 1.54) is 12.5 Å². The third kappa shape index (κ3) is 2.79. The highest BCUT2D eigenvalue weighted by molar-refractivity contribution is 5.93. The Bertz CT molecular complexity index is 695. The minimum Gasteiger partial charge on any atom is -0.472 e. The SMILES string of the molecule is O=C(c1ccoc1)N1CCc2cnc(N3CCOCC3)nc2C1. The zero-order valence-corrected chi connectivity index (χ0v) is 12.8. The molecule has 0 N–H and O–H groups in total. The van der Waals surface area contributed by atoms with Crippen LogP contribution in [0.1, 0.15) is 21.6 Å². The van der Waals surface area contributed by atoms with Gasteiger partial charge in [0.2, 0.25) is 5.95 Å². The Labute approximate surface area is 133 Å². The molecule has 4 heterocycles. The molecule has 1 amide bonds. The van der Waals surface area contributed by atoms with Crippen LogP contribution in [0.25, 0.3) is 0 Å². The number of amides is 1. The monoisotopic (exact) mass is 314 g/mol. The molecule has 0 radical (unpaired) electrons. The van der Waals surface area contributed by atoms with Crippen LogP contribution >= 0.6 is 0 Å². The summed E-state index contributed by atoms with van der Waals surface area (Å²) in [5, 5.41) is 0. The molecular formula is C16H18N4O3. The zero-order valence-electron chi connectivity index (χ0n) is 12.8. The van der Waals surface area contributed by atoms with Gasteiger partial charge in [0.1, 0.15) is 6.26 Å². The highest BCUT2D eigenvalue weighted by atomic mass is 16.5. The summed E-state index contributed by atoms with van der Waals surface area (Å²) in [6.45, 7) is 4.19. The molecule has 1 fully saturated rings. The van der Waals surface area contributed by atoms with Gasteiger partial charge < -0.3 is 19.0 Å². The summed E-state index contributed by atoms with van der Waals surface area (Å²) in [7, 11) is 0. The smallest absolute Gasteiger partial charge is 0.257 e. The van der Waals surface area contributed by atoms with Crippen LogP contribution in [0, 0.1) is 0 Å². The molecule has 7 nitrogen and oxygen atoms in total. The lowest BCUT2D eigenvalue weighted by Gasteiger charge is -2.30. The topological polar surface area (TPSA) is 71.7 Å². The molecule has 2 aliphatic rings.